The molecule has 1 fully saturated rings. The molecule has 1 amide bonds. The standard InChI is InChI=1S/C15H17N3O2.C8H9F/c16-15(20)14-13-10(6-7-17-14)18-11(8-12(13)19)9-4-2-1-3-5-9;1-2-7-4-3-5-8(9)6-7/h6-9H,1-5H2,(H2,16,20)(H,18,19);3-6H,2H2,1H3. The second kappa shape index (κ2) is 9.45. The van der Waals surface area contributed by atoms with E-state index in [1.165, 1.54) is 31.5 Å². The largest absolute Gasteiger partial charge is 0.364 e. The molecule has 3 aromatic rings. The van der Waals surface area contributed by atoms with E-state index in [1.54, 1.807) is 24.3 Å². The minimum absolute atomic E-state index is 0.0407. The van der Waals surface area contributed by atoms with Gasteiger partial charge in [0.1, 0.15) is 11.5 Å². The number of aromatic amines is 1. The maximum atomic E-state index is 12.4. The number of hydrogen-bond donors (Lipinski definition) is 2. The van der Waals surface area contributed by atoms with E-state index >= 15 is 0 Å². The molecular weight excluding hydrogens is 369 g/mol. The van der Waals surface area contributed by atoms with E-state index < -0.39 is 5.91 Å². The number of hydrogen-bond acceptors (Lipinski definition) is 3. The number of carbonyl (C=O) groups is 1. The first-order valence-electron chi connectivity index (χ1n) is 10.1. The molecule has 1 saturated carbocycles. The lowest BCUT2D eigenvalue weighted by atomic mass is 9.86. The Morgan fingerprint density at radius 3 is 2.59 bits per heavy atom. The number of nitrogens with zero attached hydrogens (tertiary/aromatic N) is 1. The van der Waals surface area contributed by atoms with Gasteiger partial charge in [0, 0.05) is 18.0 Å². The lowest BCUT2D eigenvalue weighted by molar-refractivity contribution is 0.0997. The van der Waals surface area contributed by atoms with Crippen molar-refractivity contribution in [3.05, 3.63) is 75.6 Å². The first-order valence-corrected chi connectivity index (χ1v) is 10.1. The van der Waals surface area contributed by atoms with Crippen LogP contribution in [0.2, 0.25) is 0 Å². The van der Waals surface area contributed by atoms with E-state index in [0.717, 1.165) is 30.5 Å². The first kappa shape index (κ1) is 20.7. The van der Waals surface area contributed by atoms with Crippen molar-refractivity contribution in [2.24, 2.45) is 5.73 Å². The van der Waals surface area contributed by atoms with Crippen molar-refractivity contribution < 1.29 is 9.18 Å². The van der Waals surface area contributed by atoms with E-state index in [-0.39, 0.29) is 16.9 Å². The van der Waals surface area contributed by atoms with Crippen LogP contribution in [0.4, 0.5) is 4.39 Å². The number of fused-ring (bicyclic) bond motifs is 1. The SMILES string of the molecule is CCc1cccc(F)c1.NC(=O)c1nccc2[nH]c(C3CCCCC3)cc(=O)c12. The van der Waals surface area contributed by atoms with Crippen LogP contribution >= 0.6 is 0 Å². The van der Waals surface area contributed by atoms with E-state index in [1.807, 2.05) is 13.0 Å². The van der Waals surface area contributed by atoms with Crippen LogP contribution in [0, 0.1) is 5.82 Å². The van der Waals surface area contributed by atoms with Gasteiger partial charge >= 0.3 is 0 Å². The molecule has 5 nitrogen and oxygen atoms in total. The van der Waals surface area contributed by atoms with E-state index in [4.69, 9.17) is 5.73 Å². The van der Waals surface area contributed by atoms with Crippen LogP contribution in [0.5, 0.6) is 0 Å². The van der Waals surface area contributed by atoms with Crippen LogP contribution in [0.1, 0.15) is 66.7 Å². The van der Waals surface area contributed by atoms with Crippen molar-refractivity contribution in [2.45, 2.75) is 51.4 Å². The smallest absolute Gasteiger partial charge is 0.268 e. The molecular formula is C23H26FN3O2. The predicted molar refractivity (Wildman–Crippen MR) is 112 cm³/mol. The second-order valence-electron chi connectivity index (χ2n) is 7.35. The maximum Gasteiger partial charge on any atom is 0.268 e. The second-order valence-corrected chi connectivity index (χ2v) is 7.35. The number of carbonyl (C=O) groups excluding carboxylic acids is 1. The van der Waals surface area contributed by atoms with Crippen LogP contribution in [-0.4, -0.2) is 15.9 Å². The molecule has 3 N–H and O–H groups in total. The highest BCUT2D eigenvalue weighted by Crippen LogP contribution is 2.31. The summed E-state index contributed by atoms with van der Waals surface area (Å²) in [5.41, 5.74) is 7.79. The molecule has 1 aromatic carbocycles. The number of amides is 1. The van der Waals surface area contributed by atoms with Gasteiger partial charge in [0.05, 0.1) is 10.9 Å². The molecule has 1 aliphatic carbocycles. The quantitative estimate of drug-likeness (QED) is 0.686. The van der Waals surface area contributed by atoms with Crippen LogP contribution in [0.3, 0.4) is 0 Å². The molecule has 0 bridgehead atoms. The first-order chi connectivity index (χ1) is 14.0. The highest BCUT2D eigenvalue weighted by atomic mass is 19.1. The number of rotatable bonds is 3. The molecule has 2 aromatic heterocycles. The molecule has 4 rings (SSSR count). The molecule has 0 saturated heterocycles. The van der Waals surface area contributed by atoms with E-state index in [9.17, 15) is 14.0 Å². The third kappa shape index (κ3) is 5.08. The Kier molecular flexibility index (Phi) is 6.75. The molecule has 1 aliphatic rings. The summed E-state index contributed by atoms with van der Waals surface area (Å²) in [6.45, 7) is 2.01. The normalized spacial score (nSPS) is 14.3. The summed E-state index contributed by atoms with van der Waals surface area (Å²) in [7, 11) is 0. The van der Waals surface area contributed by atoms with Gasteiger partial charge < -0.3 is 10.7 Å². The van der Waals surface area contributed by atoms with Crippen molar-refractivity contribution in [1.82, 2.24) is 9.97 Å². The number of primary amides is 1. The van der Waals surface area contributed by atoms with Crippen molar-refractivity contribution in [1.29, 1.82) is 0 Å². The topological polar surface area (TPSA) is 88.8 Å². The van der Waals surface area contributed by atoms with Crippen LogP contribution in [-0.2, 0) is 6.42 Å². The monoisotopic (exact) mass is 395 g/mol. The number of nitrogens with two attached hydrogens (primary N) is 1. The number of pyridine rings is 2. The van der Waals surface area contributed by atoms with Gasteiger partial charge in [-0.15, -0.1) is 0 Å². The Balaban J connectivity index is 0.000000224. The third-order valence-corrected chi connectivity index (χ3v) is 5.34. The zero-order valence-corrected chi connectivity index (χ0v) is 16.6. The van der Waals surface area contributed by atoms with Gasteiger partial charge in [0.15, 0.2) is 5.43 Å². The lowest BCUT2D eigenvalue weighted by Crippen LogP contribution is -2.19. The summed E-state index contributed by atoms with van der Waals surface area (Å²) in [5.74, 6) is -0.410. The Bertz CT molecular complexity index is 1060. The zero-order valence-electron chi connectivity index (χ0n) is 16.6. The Labute approximate surface area is 169 Å². The van der Waals surface area contributed by atoms with Crippen LogP contribution in [0.15, 0.2) is 47.4 Å². The Morgan fingerprint density at radius 2 is 1.97 bits per heavy atom. The van der Waals surface area contributed by atoms with Gasteiger partial charge in [-0.05, 0) is 48.9 Å². The van der Waals surface area contributed by atoms with Gasteiger partial charge in [-0.2, -0.15) is 0 Å². The minimum Gasteiger partial charge on any atom is -0.364 e. The summed E-state index contributed by atoms with van der Waals surface area (Å²) in [4.78, 5) is 30.9. The Hall–Kier alpha value is -3.02. The maximum absolute atomic E-state index is 12.4. The summed E-state index contributed by atoms with van der Waals surface area (Å²) >= 11 is 0. The molecule has 0 atom stereocenters. The van der Waals surface area contributed by atoms with Gasteiger partial charge in [0.2, 0.25) is 0 Å². The summed E-state index contributed by atoms with van der Waals surface area (Å²) in [6, 6.07) is 9.98. The van der Waals surface area contributed by atoms with Crippen molar-refractivity contribution >= 4 is 16.8 Å². The van der Waals surface area contributed by atoms with Crippen molar-refractivity contribution in [2.75, 3.05) is 0 Å². The minimum atomic E-state index is -0.675. The number of nitrogens with one attached hydrogen (secondary N) is 1. The van der Waals surface area contributed by atoms with Gasteiger partial charge in [-0.1, -0.05) is 38.3 Å². The van der Waals surface area contributed by atoms with Crippen LogP contribution < -0.4 is 11.2 Å². The average molecular weight is 395 g/mol. The van der Waals surface area contributed by atoms with Gasteiger partial charge in [-0.25, -0.2) is 4.39 Å². The number of aromatic nitrogens is 2. The fourth-order valence-corrected chi connectivity index (χ4v) is 3.80. The van der Waals surface area contributed by atoms with Gasteiger partial charge in [0.25, 0.3) is 5.91 Å². The molecule has 2 heterocycles. The average Bonchev–Trinajstić information content (AvgIpc) is 2.74. The third-order valence-electron chi connectivity index (χ3n) is 5.34. The summed E-state index contributed by atoms with van der Waals surface area (Å²) < 4.78 is 12.4. The highest BCUT2D eigenvalue weighted by molar-refractivity contribution is 6.03. The molecule has 6 heteroatoms. The number of halogens is 1. The molecule has 152 valence electrons. The van der Waals surface area contributed by atoms with Crippen molar-refractivity contribution in [3.8, 4) is 0 Å². The molecule has 0 unspecified atom stereocenters. The van der Waals surface area contributed by atoms with Crippen LogP contribution in [0.25, 0.3) is 10.9 Å². The zero-order chi connectivity index (χ0) is 20.8. The molecule has 0 radical (unpaired) electrons. The number of benzene rings is 1. The van der Waals surface area contributed by atoms with E-state index in [0.29, 0.717) is 16.8 Å². The number of H-pyrrole nitrogens is 1. The summed E-state index contributed by atoms with van der Waals surface area (Å²) in [6.07, 6.45) is 8.29. The molecule has 29 heavy (non-hydrogen) atoms. The highest BCUT2D eigenvalue weighted by Gasteiger charge is 2.19. The Morgan fingerprint density at radius 1 is 1.21 bits per heavy atom. The molecule has 0 spiro atoms. The summed E-state index contributed by atoms with van der Waals surface area (Å²) in [5, 5.41) is 0.291. The van der Waals surface area contributed by atoms with Crippen molar-refractivity contribution in [3.63, 3.8) is 0 Å². The fraction of sp³-hybridized carbons (Fsp3) is 0.348. The predicted octanol–water partition coefficient (Wildman–Crippen LogP) is 4.46. The van der Waals surface area contributed by atoms with E-state index in [2.05, 4.69) is 9.97 Å². The number of aryl methyl sites for hydroxylation is 1. The fourth-order valence-electron chi connectivity index (χ4n) is 3.80. The lowest BCUT2D eigenvalue weighted by Gasteiger charge is -2.21. The van der Waals surface area contributed by atoms with Gasteiger partial charge in [-0.3, -0.25) is 14.6 Å². The molecule has 0 aliphatic heterocycles.